The highest BCUT2D eigenvalue weighted by atomic mass is 35.5. The number of anilines is 1. The monoisotopic (exact) mass is 583 g/mol. The van der Waals surface area contributed by atoms with E-state index in [0.717, 1.165) is 65.8 Å². The van der Waals surface area contributed by atoms with Gasteiger partial charge in [-0.1, -0.05) is 41.1 Å². The van der Waals surface area contributed by atoms with E-state index >= 15 is 0 Å². The lowest BCUT2D eigenvalue weighted by molar-refractivity contribution is 0.104. The van der Waals surface area contributed by atoms with Gasteiger partial charge in [0.15, 0.2) is 5.78 Å². The Kier molecular flexibility index (Phi) is 10.5. The van der Waals surface area contributed by atoms with Gasteiger partial charge in [-0.05, 0) is 85.9 Å². The van der Waals surface area contributed by atoms with Gasteiger partial charge in [-0.2, -0.15) is 0 Å². The molecular weight excluding hydrogens is 550 g/mol. The lowest BCUT2D eigenvalue weighted by Crippen LogP contribution is -2.10. The molecular formula is C33H34ClN5O3. The number of ether oxygens (including phenoxy) is 2. The topological polar surface area (TPSA) is 91.2 Å². The molecule has 0 aliphatic heterocycles. The molecule has 42 heavy (non-hydrogen) atoms. The molecule has 0 fully saturated rings. The van der Waals surface area contributed by atoms with Crippen molar-refractivity contribution >= 4 is 34.0 Å². The zero-order valence-electron chi connectivity index (χ0n) is 23.4. The fourth-order valence-electron chi connectivity index (χ4n) is 4.55. The van der Waals surface area contributed by atoms with E-state index < -0.39 is 0 Å². The Labute approximate surface area is 250 Å². The number of halogens is 1. The van der Waals surface area contributed by atoms with Gasteiger partial charge in [0.2, 0.25) is 0 Å². The van der Waals surface area contributed by atoms with Crippen molar-refractivity contribution < 1.29 is 14.3 Å². The number of carbonyl (C=O) groups is 1. The minimum absolute atomic E-state index is 0.0103. The Bertz CT molecular complexity index is 1580. The number of nitrogens with zero attached hydrogens (tertiary/aromatic N) is 4. The molecule has 0 radical (unpaired) electrons. The van der Waals surface area contributed by atoms with E-state index in [2.05, 4.69) is 32.8 Å². The third kappa shape index (κ3) is 8.61. The van der Waals surface area contributed by atoms with Gasteiger partial charge in [-0.3, -0.25) is 14.5 Å². The van der Waals surface area contributed by atoms with E-state index in [0.29, 0.717) is 37.0 Å². The average molecular weight is 584 g/mol. The SMILES string of the molecule is O=C(/C=C/C1=CCC=C1)c1ccc(OCCCCCn2cc(COCCNc3ccnc4cc(Cl)ccc34)nn2)cc1. The second kappa shape index (κ2) is 15.1. The number of allylic oxidation sites excluding steroid dienone is 6. The Morgan fingerprint density at radius 1 is 1.07 bits per heavy atom. The Hall–Kier alpha value is -4.27. The van der Waals surface area contributed by atoms with Crippen molar-refractivity contribution in [1.82, 2.24) is 20.0 Å². The first-order chi connectivity index (χ1) is 20.6. The number of pyridine rings is 1. The van der Waals surface area contributed by atoms with Crippen LogP contribution in [0.5, 0.6) is 5.75 Å². The standard InChI is InChI=1S/C33H34ClN5O3/c34-27-11-14-30-31(16-17-35-32(30)22-27)36-18-21-41-24-28-23-39(38-37-28)19-4-1-5-20-42-29-12-9-26(10-13-29)33(40)15-8-25-6-2-3-7-25/h2,6-17,22-23H,1,3-5,18-21,24H2,(H,35,36)/b15-8+. The molecule has 8 nitrogen and oxygen atoms in total. The van der Waals surface area contributed by atoms with Crippen LogP contribution >= 0.6 is 11.6 Å². The summed E-state index contributed by atoms with van der Waals surface area (Å²) < 4.78 is 13.5. The minimum Gasteiger partial charge on any atom is -0.494 e. The highest BCUT2D eigenvalue weighted by Gasteiger charge is 2.05. The number of benzene rings is 2. The number of fused-ring (bicyclic) bond motifs is 1. The maximum Gasteiger partial charge on any atom is 0.185 e. The first-order valence-corrected chi connectivity index (χ1v) is 14.6. The molecule has 216 valence electrons. The largest absolute Gasteiger partial charge is 0.494 e. The highest BCUT2D eigenvalue weighted by molar-refractivity contribution is 6.31. The molecule has 4 aromatic rings. The number of nitrogens with one attached hydrogen (secondary N) is 1. The number of unbranched alkanes of at least 4 members (excludes halogenated alkanes) is 2. The summed E-state index contributed by atoms with van der Waals surface area (Å²) in [5.74, 6) is 0.760. The molecule has 2 aromatic heterocycles. The van der Waals surface area contributed by atoms with E-state index in [1.807, 2.05) is 71.6 Å². The Morgan fingerprint density at radius 2 is 1.98 bits per heavy atom. The van der Waals surface area contributed by atoms with Crippen LogP contribution in [0.25, 0.3) is 10.9 Å². The predicted octanol–water partition coefficient (Wildman–Crippen LogP) is 6.98. The minimum atomic E-state index is -0.0103. The molecule has 0 spiro atoms. The molecule has 9 heteroatoms. The van der Waals surface area contributed by atoms with Crippen molar-refractivity contribution in [3.05, 3.63) is 113 Å². The molecule has 0 amide bonds. The Balaban J connectivity index is 0.925. The first kappa shape index (κ1) is 29.2. The van der Waals surface area contributed by atoms with E-state index in [9.17, 15) is 4.79 Å². The highest BCUT2D eigenvalue weighted by Crippen LogP contribution is 2.24. The maximum atomic E-state index is 12.3. The maximum absolute atomic E-state index is 12.3. The fourth-order valence-corrected chi connectivity index (χ4v) is 4.72. The van der Waals surface area contributed by atoms with Crippen molar-refractivity contribution in [2.75, 3.05) is 25.1 Å². The smallest absolute Gasteiger partial charge is 0.185 e. The first-order valence-electron chi connectivity index (χ1n) is 14.2. The number of hydrogen-bond donors (Lipinski definition) is 1. The average Bonchev–Trinajstić information content (AvgIpc) is 3.70. The summed E-state index contributed by atoms with van der Waals surface area (Å²) in [6.45, 7) is 3.04. The van der Waals surface area contributed by atoms with E-state index in [-0.39, 0.29) is 5.78 Å². The van der Waals surface area contributed by atoms with Crippen LogP contribution in [0.1, 0.15) is 41.7 Å². The number of ketones is 1. The number of hydrogen-bond acceptors (Lipinski definition) is 7. The normalized spacial score (nSPS) is 12.7. The zero-order chi connectivity index (χ0) is 29.0. The van der Waals surface area contributed by atoms with E-state index in [1.54, 1.807) is 12.3 Å². The summed E-state index contributed by atoms with van der Waals surface area (Å²) in [5, 5.41) is 13.5. The number of aryl methyl sites for hydroxylation is 1. The van der Waals surface area contributed by atoms with Crippen LogP contribution in [0.4, 0.5) is 5.69 Å². The van der Waals surface area contributed by atoms with Crippen LogP contribution in [-0.4, -0.2) is 45.5 Å². The summed E-state index contributed by atoms with van der Waals surface area (Å²) >= 11 is 6.07. The molecule has 0 saturated heterocycles. The quantitative estimate of drug-likeness (QED) is 0.0864. The molecule has 1 aliphatic rings. The number of aromatic nitrogens is 4. The van der Waals surface area contributed by atoms with Gasteiger partial charge in [0.05, 0.1) is 31.5 Å². The molecule has 0 saturated carbocycles. The van der Waals surface area contributed by atoms with Crippen LogP contribution in [0.15, 0.2) is 96.9 Å². The van der Waals surface area contributed by atoms with Crippen molar-refractivity contribution in [3.8, 4) is 5.75 Å². The van der Waals surface area contributed by atoms with Crippen molar-refractivity contribution in [2.24, 2.45) is 0 Å². The van der Waals surface area contributed by atoms with Crippen molar-refractivity contribution in [2.45, 2.75) is 38.8 Å². The summed E-state index contributed by atoms with van der Waals surface area (Å²) in [4.78, 5) is 16.7. The summed E-state index contributed by atoms with van der Waals surface area (Å²) in [7, 11) is 0. The van der Waals surface area contributed by atoms with Crippen LogP contribution < -0.4 is 10.1 Å². The molecule has 1 aliphatic carbocycles. The third-order valence-electron chi connectivity index (χ3n) is 6.77. The van der Waals surface area contributed by atoms with Gasteiger partial charge in [0, 0.05) is 40.9 Å². The molecule has 2 heterocycles. The molecule has 0 bridgehead atoms. The van der Waals surface area contributed by atoms with Crippen LogP contribution in [-0.2, 0) is 17.9 Å². The molecule has 2 aromatic carbocycles. The van der Waals surface area contributed by atoms with Gasteiger partial charge in [0.1, 0.15) is 11.4 Å². The zero-order valence-corrected chi connectivity index (χ0v) is 24.2. The second-order valence-corrected chi connectivity index (χ2v) is 10.4. The van der Waals surface area contributed by atoms with E-state index in [1.165, 1.54) is 0 Å². The van der Waals surface area contributed by atoms with Gasteiger partial charge >= 0.3 is 0 Å². The lowest BCUT2D eigenvalue weighted by atomic mass is 10.1. The summed E-state index contributed by atoms with van der Waals surface area (Å²) in [5.41, 5.74) is 4.40. The van der Waals surface area contributed by atoms with Crippen molar-refractivity contribution in [3.63, 3.8) is 0 Å². The molecule has 5 rings (SSSR count). The van der Waals surface area contributed by atoms with Gasteiger partial charge in [0.25, 0.3) is 0 Å². The summed E-state index contributed by atoms with van der Waals surface area (Å²) in [6, 6.07) is 14.9. The lowest BCUT2D eigenvalue weighted by Gasteiger charge is -2.09. The molecule has 1 N–H and O–H groups in total. The fraction of sp³-hybridized carbons (Fsp3) is 0.273. The molecule has 0 atom stereocenters. The number of carbonyl (C=O) groups excluding carboxylic acids is 1. The van der Waals surface area contributed by atoms with Gasteiger partial charge in [-0.25, -0.2) is 0 Å². The number of rotatable bonds is 16. The predicted molar refractivity (Wildman–Crippen MR) is 166 cm³/mol. The van der Waals surface area contributed by atoms with Gasteiger partial charge in [-0.15, -0.1) is 5.10 Å². The van der Waals surface area contributed by atoms with Crippen molar-refractivity contribution in [1.29, 1.82) is 0 Å². The molecule has 0 unspecified atom stereocenters. The Morgan fingerprint density at radius 3 is 2.83 bits per heavy atom. The van der Waals surface area contributed by atoms with Crippen LogP contribution in [0.2, 0.25) is 5.02 Å². The summed E-state index contributed by atoms with van der Waals surface area (Å²) in [6.07, 6.45) is 17.2. The van der Waals surface area contributed by atoms with E-state index in [4.69, 9.17) is 21.1 Å². The van der Waals surface area contributed by atoms with Gasteiger partial charge < -0.3 is 14.8 Å². The third-order valence-corrected chi connectivity index (χ3v) is 7.00. The van der Waals surface area contributed by atoms with Crippen LogP contribution in [0.3, 0.4) is 0 Å². The van der Waals surface area contributed by atoms with Crippen LogP contribution in [0, 0.1) is 0 Å². The second-order valence-electron chi connectivity index (χ2n) is 9.95.